The third-order valence-electron chi connectivity index (χ3n) is 4.71. The number of carbonyl (C=O) groups excluding carboxylic acids is 2. The van der Waals surface area contributed by atoms with Crippen LogP contribution in [0.1, 0.15) is 15.9 Å². The van der Waals surface area contributed by atoms with Gasteiger partial charge < -0.3 is 25.0 Å². The molecule has 0 unspecified atom stereocenters. The molecule has 0 spiro atoms. The lowest BCUT2D eigenvalue weighted by Gasteiger charge is -2.26. The molecule has 1 saturated heterocycles. The molecule has 2 aromatic carbocycles. The number of phenols is 2. The van der Waals surface area contributed by atoms with Crippen molar-refractivity contribution in [2.75, 3.05) is 38.2 Å². The second-order valence-electron chi connectivity index (χ2n) is 6.91. The molecule has 32 heavy (non-hydrogen) atoms. The van der Waals surface area contributed by atoms with Crippen LogP contribution in [0.2, 0.25) is 5.02 Å². The minimum Gasteiger partial charge on any atom is -0.504 e. The third kappa shape index (κ3) is 5.13. The number of amides is 1. The number of rotatable bonds is 6. The molecule has 2 aromatic rings. The van der Waals surface area contributed by atoms with Gasteiger partial charge in [0.1, 0.15) is 10.5 Å². The number of hydrogen-bond donors (Lipinski definition) is 3. The number of nitrogens with one attached hydrogen (secondary N) is 1. The van der Waals surface area contributed by atoms with Gasteiger partial charge in [-0.05, 0) is 36.8 Å². The highest BCUT2D eigenvalue weighted by Gasteiger charge is 2.28. The fourth-order valence-corrected chi connectivity index (χ4v) is 4.86. The van der Waals surface area contributed by atoms with Crippen molar-refractivity contribution in [3.63, 3.8) is 0 Å². The minimum absolute atomic E-state index is 0.00410. The molecule has 172 valence electrons. The van der Waals surface area contributed by atoms with Gasteiger partial charge in [-0.25, -0.2) is 13.2 Å². The first kappa shape index (κ1) is 23.8. The maximum Gasteiger partial charge on any atom is 0.342 e. The van der Waals surface area contributed by atoms with Gasteiger partial charge in [-0.3, -0.25) is 4.79 Å². The lowest BCUT2D eigenvalue weighted by molar-refractivity contribution is -0.119. The van der Waals surface area contributed by atoms with Gasteiger partial charge in [0.05, 0.1) is 18.2 Å². The second kappa shape index (κ2) is 9.74. The van der Waals surface area contributed by atoms with Crippen LogP contribution in [-0.2, 0) is 24.3 Å². The van der Waals surface area contributed by atoms with Gasteiger partial charge in [0, 0.05) is 18.8 Å². The van der Waals surface area contributed by atoms with E-state index in [9.17, 15) is 28.2 Å². The second-order valence-corrected chi connectivity index (χ2v) is 9.23. The van der Waals surface area contributed by atoms with Crippen molar-refractivity contribution in [3.8, 4) is 11.5 Å². The van der Waals surface area contributed by atoms with Crippen molar-refractivity contribution in [2.24, 2.45) is 0 Å². The van der Waals surface area contributed by atoms with Crippen molar-refractivity contribution in [1.82, 2.24) is 4.31 Å². The Hall–Kier alpha value is -2.86. The summed E-state index contributed by atoms with van der Waals surface area (Å²) >= 11 is 6.08. The Kier molecular flexibility index (Phi) is 7.24. The Morgan fingerprint density at radius 3 is 2.53 bits per heavy atom. The van der Waals surface area contributed by atoms with Crippen molar-refractivity contribution in [3.05, 3.63) is 46.5 Å². The molecule has 1 amide bonds. The summed E-state index contributed by atoms with van der Waals surface area (Å²) in [5.41, 5.74) is 0.201. The lowest BCUT2D eigenvalue weighted by Crippen LogP contribution is -2.40. The molecule has 3 rings (SSSR count). The largest absolute Gasteiger partial charge is 0.504 e. The Morgan fingerprint density at radius 2 is 1.84 bits per heavy atom. The fraction of sp³-hybridized carbons (Fsp3) is 0.300. The quantitative estimate of drug-likeness (QED) is 0.416. The number of morpholine rings is 1. The summed E-state index contributed by atoms with van der Waals surface area (Å²) in [6.07, 6.45) is 0. The first-order valence-electron chi connectivity index (χ1n) is 9.47. The highest BCUT2D eigenvalue weighted by Crippen LogP contribution is 2.32. The summed E-state index contributed by atoms with van der Waals surface area (Å²) in [4.78, 5) is 24.1. The maximum absolute atomic E-state index is 12.9. The SMILES string of the molecule is Cc1ccc(C(=O)OCC(=O)Nc2ccc(Cl)c(S(=O)(=O)N3CCOCC3)c2)c(O)c1O. The predicted molar refractivity (Wildman–Crippen MR) is 114 cm³/mol. The first-order valence-corrected chi connectivity index (χ1v) is 11.3. The number of carbonyl (C=O) groups is 2. The van der Waals surface area contributed by atoms with Crippen LogP contribution in [0.5, 0.6) is 11.5 Å². The van der Waals surface area contributed by atoms with E-state index < -0.39 is 40.0 Å². The van der Waals surface area contributed by atoms with Crippen molar-refractivity contribution < 1.29 is 37.7 Å². The molecule has 1 fully saturated rings. The van der Waals surface area contributed by atoms with Gasteiger partial charge in [-0.2, -0.15) is 4.31 Å². The number of sulfonamides is 1. The average Bonchev–Trinajstić information content (AvgIpc) is 2.77. The van der Waals surface area contributed by atoms with Gasteiger partial charge in [0.2, 0.25) is 10.0 Å². The first-order chi connectivity index (χ1) is 15.1. The van der Waals surface area contributed by atoms with E-state index in [-0.39, 0.29) is 47.5 Å². The molecule has 3 N–H and O–H groups in total. The van der Waals surface area contributed by atoms with Crippen LogP contribution in [0.4, 0.5) is 5.69 Å². The number of anilines is 1. The monoisotopic (exact) mass is 484 g/mol. The van der Waals surface area contributed by atoms with E-state index in [0.717, 1.165) is 0 Å². The minimum atomic E-state index is -3.89. The van der Waals surface area contributed by atoms with E-state index in [1.165, 1.54) is 41.6 Å². The lowest BCUT2D eigenvalue weighted by atomic mass is 10.1. The van der Waals surface area contributed by atoms with Gasteiger partial charge in [-0.1, -0.05) is 17.7 Å². The van der Waals surface area contributed by atoms with E-state index in [4.69, 9.17) is 21.1 Å². The molecular formula is C20H21ClN2O8S. The van der Waals surface area contributed by atoms with Crippen LogP contribution in [0.3, 0.4) is 0 Å². The molecule has 0 atom stereocenters. The van der Waals surface area contributed by atoms with E-state index in [1.54, 1.807) is 0 Å². The number of hydrogen-bond acceptors (Lipinski definition) is 8. The van der Waals surface area contributed by atoms with Crippen LogP contribution in [0, 0.1) is 6.92 Å². The number of nitrogens with zero attached hydrogens (tertiary/aromatic N) is 1. The van der Waals surface area contributed by atoms with E-state index in [1.807, 2.05) is 0 Å². The number of ether oxygens (including phenoxy) is 2. The summed E-state index contributed by atoms with van der Waals surface area (Å²) in [5.74, 6) is -2.86. The standard InChI is InChI=1S/C20H21ClN2O8S/c1-12-2-4-14(19(26)18(12)25)20(27)31-11-17(24)22-13-3-5-15(21)16(10-13)32(28,29)23-6-8-30-9-7-23/h2-5,10,25-26H,6-9,11H2,1H3,(H,22,24). The van der Waals surface area contributed by atoms with Crippen molar-refractivity contribution in [2.45, 2.75) is 11.8 Å². The molecule has 0 aromatic heterocycles. The van der Waals surface area contributed by atoms with Gasteiger partial charge in [0.15, 0.2) is 18.1 Å². The number of phenolic OH excluding ortho intramolecular Hbond substituents is 2. The topological polar surface area (TPSA) is 142 Å². The molecule has 0 aliphatic carbocycles. The highest BCUT2D eigenvalue weighted by molar-refractivity contribution is 7.89. The molecule has 0 saturated carbocycles. The molecule has 12 heteroatoms. The normalized spacial score (nSPS) is 14.7. The zero-order valence-corrected chi connectivity index (χ0v) is 18.6. The summed E-state index contributed by atoms with van der Waals surface area (Å²) in [6, 6.07) is 6.63. The van der Waals surface area contributed by atoms with Gasteiger partial charge >= 0.3 is 5.97 Å². The molecule has 0 bridgehead atoms. The molecule has 0 radical (unpaired) electrons. The van der Waals surface area contributed by atoms with Crippen molar-refractivity contribution >= 4 is 39.2 Å². The van der Waals surface area contributed by atoms with E-state index in [0.29, 0.717) is 5.56 Å². The Balaban J connectivity index is 1.67. The molecule has 1 heterocycles. The van der Waals surface area contributed by atoms with Crippen LogP contribution in [0.15, 0.2) is 35.2 Å². The van der Waals surface area contributed by atoms with Crippen molar-refractivity contribution in [1.29, 1.82) is 0 Å². The van der Waals surface area contributed by atoms with Crippen LogP contribution in [0.25, 0.3) is 0 Å². The smallest absolute Gasteiger partial charge is 0.342 e. The number of aryl methyl sites for hydroxylation is 1. The van der Waals surface area contributed by atoms with Crippen LogP contribution in [-0.4, -0.2) is 67.7 Å². The van der Waals surface area contributed by atoms with E-state index >= 15 is 0 Å². The molecule has 10 nitrogen and oxygen atoms in total. The molecule has 1 aliphatic rings. The number of esters is 1. The molecule has 1 aliphatic heterocycles. The Bertz CT molecular complexity index is 1150. The summed E-state index contributed by atoms with van der Waals surface area (Å²) in [6.45, 7) is 1.75. The van der Waals surface area contributed by atoms with E-state index in [2.05, 4.69) is 5.32 Å². The average molecular weight is 485 g/mol. The zero-order valence-electron chi connectivity index (χ0n) is 17.0. The number of benzene rings is 2. The maximum atomic E-state index is 12.9. The Labute approximate surface area is 189 Å². The van der Waals surface area contributed by atoms with Gasteiger partial charge in [-0.15, -0.1) is 0 Å². The third-order valence-corrected chi connectivity index (χ3v) is 7.09. The predicted octanol–water partition coefficient (Wildman–Crippen LogP) is 1.88. The van der Waals surface area contributed by atoms with Crippen LogP contribution >= 0.6 is 11.6 Å². The summed E-state index contributed by atoms with van der Waals surface area (Å²) < 4.78 is 37.0. The zero-order chi connectivity index (χ0) is 23.5. The molecular weight excluding hydrogens is 464 g/mol. The highest BCUT2D eigenvalue weighted by atomic mass is 35.5. The number of halogens is 1. The fourth-order valence-electron chi connectivity index (χ4n) is 2.96. The Morgan fingerprint density at radius 1 is 1.16 bits per heavy atom. The van der Waals surface area contributed by atoms with Gasteiger partial charge in [0.25, 0.3) is 5.91 Å². The van der Waals surface area contributed by atoms with Crippen LogP contribution < -0.4 is 5.32 Å². The summed E-state index contributed by atoms with van der Waals surface area (Å²) in [7, 11) is -3.89. The summed E-state index contributed by atoms with van der Waals surface area (Å²) in [5, 5.41) is 22.0. The number of aromatic hydroxyl groups is 2.